The van der Waals surface area contributed by atoms with Crippen LogP contribution in [0, 0.1) is 0 Å². The number of aromatic hydroxyl groups is 2. The summed E-state index contributed by atoms with van der Waals surface area (Å²) in [4.78, 5) is 47.1. The van der Waals surface area contributed by atoms with Crippen LogP contribution in [0.4, 0.5) is 11.4 Å². The Hall–Kier alpha value is -5.08. The van der Waals surface area contributed by atoms with Crippen LogP contribution in [0.2, 0.25) is 0 Å². The number of allylic oxidation sites excluding steroid dienone is 1. The number of unbranched alkanes of at least 4 members (excludes halogenated alkanes) is 2. The standard InChI is InChI=1S/C22H28N4O6.C9H16O2.C6H8O6/c27-11-9-23-5-7-25-13-1-2-14(26-8-6-24-10-12-28)18-17(13)21(31)19-15(29)3-4-16(30)20(19)22(18)32;1-2-3-4-6-9(11)7-5-8-10;7-1-2(8)5-3(9)4(10)6(11)12-5/h1-4,23-30H,5-12H2;5,7-9,11H,2-4,6H2,1H3;2,5,7-10H,1H2/b;7-5+;/t;;2-,5-/m..1/s1. The van der Waals surface area contributed by atoms with Gasteiger partial charge in [0.1, 0.15) is 23.9 Å². The van der Waals surface area contributed by atoms with E-state index in [2.05, 4.69) is 32.9 Å². The molecule has 0 spiro atoms. The molecule has 13 N–H and O–H groups in total. The first-order chi connectivity index (χ1) is 26.4. The number of carbonyl (C=O) groups excluding carboxylic acids is 4. The van der Waals surface area contributed by atoms with Crippen LogP contribution in [0.1, 0.15) is 64.4 Å². The molecule has 0 fully saturated rings. The number of aliphatic hydroxyl groups is 7. The average molecular weight is 777 g/mol. The summed E-state index contributed by atoms with van der Waals surface area (Å²) < 4.78 is 4.32. The number of benzene rings is 2. The molecular formula is C37H52N4O14. The molecule has 55 heavy (non-hydrogen) atoms. The van der Waals surface area contributed by atoms with Gasteiger partial charge in [-0.05, 0) is 36.8 Å². The molecule has 2 aliphatic rings. The normalized spacial score (nSPS) is 15.6. The number of phenols is 2. The summed E-state index contributed by atoms with van der Waals surface area (Å²) in [6.45, 7) is 4.26. The molecule has 4 rings (SSSR count). The van der Waals surface area contributed by atoms with Crippen molar-refractivity contribution < 1.29 is 69.9 Å². The Bertz CT molecular complexity index is 1570. The third-order valence-corrected chi connectivity index (χ3v) is 8.08. The number of hydrogen-bond donors (Lipinski definition) is 13. The molecule has 18 heteroatoms. The van der Waals surface area contributed by atoms with Crippen molar-refractivity contribution in [2.24, 2.45) is 0 Å². The van der Waals surface area contributed by atoms with E-state index in [0.717, 1.165) is 25.7 Å². The van der Waals surface area contributed by atoms with E-state index in [-0.39, 0.29) is 47.0 Å². The number of carbonyl (C=O) groups is 4. The van der Waals surface area contributed by atoms with E-state index in [9.17, 15) is 29.4 Å². The van der Waals surface area contributed by atoms with Gasteiger partial charge in [0.2, 0.25) is 17.3 Å². The van der Waals surface area contributed by atoms with Crippen LogP contribution in [0.15, 0.2) is 47.9 Å². The number of rotatable bonds is 20. The van der Waals surface area contributed by atoms with Crippen molar-refractivity contribution in [1.29, 1.82) is 0 Å². The van der Waals surface area contributed by atoms with Crippen molar-refractivity contribution >= 4 is 35.2 Å². The first-order valence-electron chi connectivity index (χ1n) is 17.7. The number of aliphatic hydroxyl groups excluding tert-OH is 7. The van der Waals surface area contributed by atoms with Gasteiger partial charge in [-0.2, -0.15) is 0 Å². The number of anilines is 2. The summed E-state index contributed by atoms with van der Waals surface area (Å²) in [5.41, 5.74) is 0.678. The van der Waals surface area contributed by atoms with Gasteiger partial charge < -0.3 is 72.0 Å². The SMILES string of the molecule is CCCCCC(O)/C=C/C=O.O=C1O[C@H]([C@H](O)CO)C(O)=C1O.O=C1c2c(O)ccc(O)c2C(=O)c2c(NCCNCCO)ccc(NCCNCCO)c21. The van der Waals surface area contributed by atoms with Crippen LogP contribution >= 0.6 is 0 Å². The molecule has 2 aromatic rings. The van der Waals surface area contributed by atoms with Crippen LogP contribution in [0.25, 0.3) is 0 Å². The number of ether oxygens (including phenoxy) is 1. The highest BCUT2D eigenvalue weighted by molar-refractivity contribution is 6.33. The summed E-state index contributed by atoms with van der Waals surface area (Å²) in [6.07, 6.45) is 4.44. The van der Waals surface area contributed by atoms with E-state index < -0.39 is 54.0 Å². The molecule has 1 heterocycles. The largest absolute Gasteiger partial charge is 0.507 e. The molecule has 0 amide bonds. The minimum atomic E-state index is -1.42. The third kappa shape index (κ3) is 13.3. The molecule has 1 aliphatic heterocycles. The summed E-state index contributed by atoms with van der Waals surface area (Å²) in [5, 5.41) is 94.8. The zero-order valence-corrected chi connectivity index (χ0v) is 30.5. The quantitative estimate of drug-likeness (QED) is 0.0239. The van der Waals surface area contributed by atoms with E-state index in [1.54, 1.807) is 12.1 Å². The van der Waals surface area contributed by atoms with Crippen LogP contribution in [0.3, 0.4) is 0 Å². The Morgan fingerprint density at radius 3 is 1.64 bits per heavy atom. The molecule has 0 saturated carbocycles. The van der Waals surface area contributed by atoms with E-state index in [1.807, 2.05) is 0 Å². The number of hydrogen-bond acceptors (Lipinski definition) is 18. The Kier molecular flexibility index (Phi) is 20.4. The lowest BCUT2D eigenvalue weighted by Gasteiger charge is -2.25. The number of phenolic OH excluding ortho intramolecular Hbond substituents is 2. The van der Waals surface area contributed by atoms with Gasteiger partial charge in [0.25, 0.3) is 0 Å². The van der Waals surface area contributed by atoms with E-state index in [1.165, 1.54) is 24.3 Å². The van der Waals surface area contributed by atoms with E-state index in [4.69, 9.17) is 35.7 Å². The predicted molar refractivity (Wildman–Crippen MR) is 201 cm³/mol. The van der Waals surface area contributed by atoms with Gasteiger partial charge in [0.05, 0.1) is 48.2 Å². The third-order valence-electron chi connectivity index (χ3n) is 8.08. The fourth-order valence-corrected chi connectivity index (χ4v) is 5.33. The van der Waals surface area contributed by atoms with Crippen molar-refractivity contribution in [2.75, 3.05) is 69.7 Å². The van der Waals surface area contributed by atoms with E-state index >= 15 is 0 Å². The Labute approximate surface area is 317 Å². The Balaban J connectivity index is 0.000000370. The fraction of sp³-hybridized carbons (Fsp3) is 0.459. The molecule has 0 saturated heterocycles. The van der Waals surface area contributed by atoms with Gasteiger partial charge >= 0.3 is 5.97 Å². The van der Waals surface area contributed by atoms with Crippen LogP contribution in [-0.2, 0) is 14.3 Å². The molecule has 3 atom stereocenters. The van der Waals surface area contributed by atoms with Gasteiger partial charge in [-0.3, -0.25) is 14.4 Å². The molecule has 18 nitrogen and oxygen atoms in total. The second-order valence-electron chi connectivity index (χ2n) is 12.1. The summed E-state index contributed by atoms with van der Waals surface area (Å²) in [5.74, 6) is -4.64. The molecule has 0 radical (unpaired) electrons. The van der Waals surface area contributed by atoms with Gasteiger partial charge in [0.15, 0.2) is 11.9 Å². The molecule has 304 valence electrons. The van der Waals surface area contributed by atoms with Gasteiger partial charge in [-0.25, -0.2) is 4.79 Å². The number of aldehydes is 1. The smallest absolute Gasteiger partial charge is 0.377 e. The van der Waals surface area contributed by atoms with Crippen LogP contribution in [-0.4, -0.2) is 147 Å². The van der Waals surface area contributed by atoms with Gasteiger partial charge in [0, 0.05) is 50.6 Å². The lowest BCUT2D eigenvalue weighted by Crippen LogP contribution is -2.31. The first kappa shape index (κ1) is 46.1. The molecule has 0 aromatic heterocycles. The van der Waals surface area contributed by atoms with Crippen molar-refractivity contribution in [3.8, 4) is 11.5 Å². The van der Waals surface area contributed by atoms with Crippen molar-refractivity contribution in [3.05, 3.63) is 70.2 Å². The van der Waals surface area contributed by atoms with Crippen molar-refractivity contribution in [2.45, 2.75) is 50.9 Å². The zero-order valence-electron chi connectivity index (χ0n) is 30.5. The molecule has 0 bridgehead atoms. The van der Waals surface area contributed by atoms with Crippen molar-refractivity contribution in [1.82, 2.24) is 10.6 Å². The van der Waals surface area contributed by atoms with Crippen LogP contribution in [0.5, 0.6) is 11.5 Å². The number of fused-ring (bicyclic) bond motifs is 2. The number of nitrogens with one attached hydrogen (secondary N) is 4. The van der Waals surface area contributed by atoms with Crippen LogP contribution < -0.4 is 21.3 Å². The number of cyclic esters (lactones) is 1. The lowest BCUT2D eigenvalue weighted by atomic mass is 9.81. The highest BCUT2D eigenvalue weighted by Crippen LogP contribution is 2.42. The highest BCUT2D eigenvalue weighted by Gasteiger charge is 2.39. The summed E-state index contributed by atoms with van der Waals surface area (Å²) >= 11 is 0. The summed E-state index contributed by atoms with van der Waals surface area (Å²) in [6, 6.07) is 5.74. The number of esters is 1. The first-order valence-corrected chi connectivity index (χ1v) is 17.7. The molecule has 2 aromatic carbocycles. The van der Waals surface area contributed by atoms with E-state index in [0.29, 0.717) is 56.9 Å². The fourth-order valence-electron chi connectivity index (χ4n) is 5.33. The zero-order chi connectivity index (χ0) is 40.9. The highest BCUT2D eigenvalue weighted by atomic mass is 16.6. The van der Waals surface area contributed by atoms with Gasteiger partial charge in [-0.1, -0.05) is 32.3 Å². The molecular weight excluding hydrogens is 724 g/mol. The predicted octanol–water partition coefficient (Wildman–Crippen LogP) is 0.136. The number of ketones is 2. The maximum Gasteiger partial charge on any atom is 0.377 e. The molecule has 1 aliphatic carbocycles. The maximum atomic E-state index is 13.4. The minimum absolute atomic E-state index is 0.00939. The maximum absolute atomic E-state index is 13.4. The lowest BCUT2D eigenvalue weighted by molar-refractivity contribution is -0.147. The topological polar surface area (TPSA) is 308 Å². The Morgan fingerprint density at radius 1 is 0.727 bits per heavy atom. The Morgan fingerprint density at radius 2 is 1.24 bits per heavy atom. The monoisotopic (exact) mass is 776 g/mol. The second kappa shape index (κ2) is 24.4. The minimum Gasteiger partial charge on any atom is -0.507 e. The second-order valence-corrected chi connectivity index (χ2v) is 12.1. The molecule has 1 unspecified atom stereocenters. The van der Waals surface area contributed by atoms with Crippen molar-refractivity contribution in [3.63, 3.8) is 0 Å². The average Bonchev–Trinajstić information content (AvgIpc) is 3.44. The summed E-state index contributed by atoms with van der Waals surface area (Å²) in [7, 11) is 0. The van der Waals surface area contributed by atoms with Gasteiger partial charge in [-0.15, -0.1) is 0 Å².